The quantitative estimate of drug-likeness (QED) is 0.542. The van der Waals surface area contributed by atoms with Gasteiger partial charge in [-0.15, -0.1) is 0 Å². The van der Waals surface area contributed by atoms with Crippen LogP contribution in [0, 0.1) is 11.3 Å². The van der Waals surface area contributed by atoms with Crippen molar-refractivity contribution in [2.75, 3.05) is 0 Å². The smallest absolute Gasteiger partial charge is 0.0944 e. The van der Waals surface area contributed by atoms with Gasteiger partial charge in [0.2, 0.25) is 0 Å². The van der Waals surface area contributed by atoms with Gasteiger partial charge < -0.3 is 0 Å². The molecule has 3 heteroatoms. The summed E-state index contributed by atoms with van der Waals surface area (Å²) < 4.78 is 11.4. The van der Waals surface area contributed by atoms with Crippen LogP contribution in [0.25, 0.3) is 0 Å². The molecule has 0 saturated carbocycles. The Morgan fingerprint density at radius 2 is 2.45 bits per heavy atom. The van der Waals surface area contributed by atoms with Crippen molar-refractivity contribution in [3.63, 3.8) is 0 Å². The van der Waals surface area contributed by atoms with E-state index in [2.05, 4.69) is 6.07 Å². The van der Waals surface area contributed by atoms with Crippen LogP contribution in [0.1, 0.15) is 19.3 Å². The van der Waals surface area contributed by atoms with Crippen LogP contribution in [0.5, 0.6) is 0 Å². The maximum absolute atomic E-state index is 11.4. The van der Waals surface area contributed by atoms with Crippen LogP contribution in [0.2, 0.25) is 0 Å². The summed E-state index contributed by atoms with van der Waals surface area (Å²) in [5.41, 5.74) is 0.845. The molecule has 0 aromatic heterocycles. The number of nitriles is 1. The summed E-state index contributed by atoms with van der Waals surface area (Å²) in [7, 11) is -0.668. The van der Waals surface area contributed by atoms with Crippen molar-refractivity contribution in [1.29, 1.82) is 5.26 Å². The first-order valence-electron chi connectivity index (χ1n) is 3.81. The zero-order valence-electron chi connectivity index (χ0n) is 6.12. The third-order valence-electron chi connectivity index (χ3n) is 2.38. The molecular formula is C8H9NOS. The number of rotatable bonds is 0. The lowest BCUT2D eigenvalue weighted by Gasteiger charge is -2.14. The van der Waals surface area contributed by atoms with Gasteiger partial charge in [-0.05, 0) is 19.3 Å². The first-order valence-corrected chi connectivity index (χ1v) is 5.09. The van der Waals surface area contributed by atoms with Gasteiger partial charge in [-0.1, -0.05) is 6.08 Å². The fourth-order valence-corrected chi connectivity index (χ4v) is 3.66. The molecule has 2 heterocycles. The number of hydrogen-bond acceptors (Lipinski definition) is 2. The lowest BCUT2D eigenvalue weighted by atomic mass is 10.1. The molecule has 2 rings (SSSR count). The highest BCUT2D eigenvalue weighted by Gasteiger charge is 2.35. The van der Waals surface area contributed by atoms with Gasteiger partial charge in [-0.3, -0.25) is 4.21 Å². The highest BCUT2D eigenvalue weighted by molar-refractivity contribution is 7.86. The van der Waals surface area contributed by atoms with Gasteiger partial charge in [0.25, 0.3) is 0 Å². The molecule has 11 heavy (non-hydrogen) atoms. The number of allylic oxidation sites excluding steroid dienone is 1. The third-order valence-corrected chi connectivity index (χ3v) is 4.41. The Labute approximate surface area is 68.4 Å². The van der Waals surface area contributed by atoms with Crippen molar-refractivity contribution < 1.29 is 4.21 Å². The molecule has 1 saturated heterocycles. The number of hydrogen-bond donors (Lipinski definition) is 0. The van der Waals surface area contributed by atoms with Gasteiger partial charge in [0.05, 0.1) is 11.3 Å². The van der Waals surface area contributed by atoms with E-state index in [0.29, 0.717) is 5.25 Å². The Morgan fingerprint density at radius 1 is 1.64 bits per heavy atom. The van der Waals surface area contributed by atoms with E-state index in [9.17, 15) is 4.21 Å². The average Bonchev–Trinajstić information content (AvgIpc) is 2.26. The highest BCUT2D eigenvalue weighted by atomic mass is 32.2. The summed E-state index contributed by atoms with van der Waals surface area (Å²) in [6.07, 6.45) is 4.71. The van der Waals surface area contributed by atoms with Crippen molar-refractivity contribution in [3.05, 3.63) is 11.6 Å². The van der Waals surface area contributed by atoms with Crippen LogP contribution in [0.3, 0.4) is 0 Å². The average molecular weight is 167 g/mol. The van der Waals surface area contributed by atoms with Gasteiger partial charge in [0.1, 0.15) is 0 Å². The van der Waals surface area contributed by atoms with E-state index >= 15 is 0 Å². The Bertz CT molecular complexity index is 276. The van der Waals surface area contributed by atoms with E-state index in [0.717, 1.165) is 24.8 Å². The lowest BCUT2D eigenvalue weighted by molar-refractivity contribution is 0.672. The predicted molar refractivity (Wildman–Crippen MR) is 43.3 cm³/mol. The van der Waals surface area contributed by atoms with Crippen LogP contribution in [-0.4, -0.2) is 14.7 Å². The monoisotopic (exact) mass is 167 g/mol. The van der Waals surface area contributed by atoms with Gasteiger partial charge in [0, 0.05) is 21.6 Å². The summed E-state index contributed by atoms with van der Waals surface area (Å²) in [6.45, 7) is 0. The minimum atomic E-state index is -0.668. The largest absolute Gasteiger partial charge is 0.259 e. The van der Waals surface area contributed by atoms with Crippen LogP contribution in [0.4, 0.5) is 0 Å². The van der Waals surface area contributed by atoms with Crippen molar-refractivity contribution in [3.8, 4) is 6.07 Å². The molecule has 2 aliphatic rings. The second kappa shape index (κ2) is 2.46. The maximum Gasteiger partial charge on any atom is 0.0944 e. The first kappa shape index (κ1) is 7.05. The fourth-order valence-electron chi connectivity index (χ4n) is 1.78. The summed E-state index contributed by atoms with van der Waals surface area (Å²) in [5, 5.41) is 9.11. The van der Waals surface area contributed by atoms with Crippen molar-refractivity contribution in [1.82, 2.24) is 0 Å². The van der Waals surface area contributed by atoms with E-state index < -0.39 is 10.8 Å². The van der Waals surface area contributed by atoms with Crippen LogP contribution in [-0.2, 0) is 10.8 Å². The topological polar surface area (TPSA) is 40.9 Å². The Hall–Kier alpha value is -0.620. The molecule has 2 aliphatic heterocycles. The molecule has 1 fully saturated rings. The van der Waals surface area contributed by atoms with Gasteiger partial charge in [-0.25, -0.2) is 0 Å². The minimum Gasteiger partial charge on any atom is -0.259 e. The minimum absolute atomic E-state index is 0.198. The number of nitrogens with zero attached hydrogens (tertiary/aromatic N) is 1. The van der Waals surface area contributed by atoms with E-state index in [-0.39, 0.29) is 5.25 Å². The molecule has 0 amide bonds. The van der Waals surface area contributed by atoms with E-state index in [1.54, 1.807) is 0 Å². The molecule has 0 N–H and O–H groups in total. The Balaban J connectivity index is 2.32. The zero-order chi connectivity index (χ0) is 7.84. The normalized spacial score (nSPS) is 41.4. The van der Waals surface area contributed by atoms with Crippen molar-refractivity contribution in [2.45, 2.75) is 29.8 Å². The van der Waals surface area contributed by atoms with E-state index in [1.165, 1.54) is 0 Å². The highest BCUT2D eigenvalue weighted by Crippen LogP contribution is 2.34. The third kappa shape index (κ3) is 1.02. The molecule has 3 unspecified atom stereocenters. The molecule has 0 radical (unpaired) electrons. The van der Waals surface area contributed by atoms with E-state index in [1.807, 2.05) is 6.08 Å². The standard InChI is InChI=1S/C8H9NOS/c9-5-6-3-7-1-2-8(4-6)11(7)10/h3,7-8H,1-2,4H2. The second-order valence-corrected chi connectivity index (χ2v) is 5.00. The van der Waals surface area contributed by atoms with Crippen LogP contribution < -0.4 is 0 Å². The maximum atomic E-state index is 11.4. The molecule has 2 nitrogen and oxygen atoms in total. The number of fused-ring (bicyclic) bond motifs is 2. The molecule has 0 aliphatic carbocycles. The van der Waals surface area contributed by atoms with Crippen LogP contribution >= 0.6 is 0 Å². The van der Waals surface area contributed by atoms with Gasteiger partial charge in [0.15, 0.2) is 0 Å². The molecule has 58 valence electrons. The van der Waals surface area contributed by atoms with Gasteiger partial charge >= 0.3 is 0 Å². The zero-order valence-corrected chi connectivity index (χ0v) is 6.93. The Morgan fingerprint density at radius 3 is 3.09 bits per heavy atom. The lowest BCUT2D eigenvalue weighted by Crippen LogP contribution is -2.19. The van der Waals surface area contributed by atoms with Crippen molar-refractivity contribution in [2.24, 2.45) is 0 Å². The molecule has 3 atom stereocenters. The van der Waals surface area contributed by atoms with Crippen LogP contribution in [0.15, 0.2) is 11.6 Å². The molecule has 0 spiro atoms. The van der Waals surface area contributed by atoms with E-state index in [4.69, 9.17) is 5.26 Å². The van der Waals surface area contributed by atoms with Crippen molar-refractivity contribution >= 4 is 10.8 Å². The summed E-state index contributed by atoms with van der Waals surface area (Å²) in [5.74, 6) is 0. The second-order valence-electron chi connectivity index (χ2n) is 3.07. The SMILES string of the molecule is N#CC1=CC2CCC(C1)S2=O. The predicted octanol–water partition coefficient (Wildman–Crippen LogP) is 1.12. The summed E-state index contributed by atoms with van der Waals surface area (Å²) in [4.78, 5) is 0. The van der Waals surface area contributed by atoms with Gasteiger partial charge in [-0.2, -0.15) is 5.26 Å². The summed E-state index contributed by atoms with van der Waals surface area (Å²) >= 11 is 0. The molecule has 0 aromatic rings. The molecular weight excluding hydrogens is 158 g/mol. The molecule has 2 bridgehead atoms. The Kier molecular flexibility index (Phi) is 1.57. The first-order chi connectivity index (χ1) is 5.31. The fraction of sp³-hybridized carbons (Fsp3) is 0.625. The summed E-state index contributed by atoms with van der Waals surface area (Å²) in [6, 6.07) is 2.15. The molecule has 0 aromatic carbocycles.